The van der Waals surface area contributed by atoms with Gasteiger partial charge >= 0.3 is 5.69 Å². The molecule has 3 aromatic rings. The summed E-state index contributed by atoms with van der Waals surface area (Å²) in [6, 6.07) is 7.20. The van der Waals surface area contributed by atoms with Crippen molar-refractivity contribution in [2.75, 3.05) is 25.5 Å². The molecule has 0 aliphatic carbocycles. The van der Waals surface area contributed by atoms with E-state index < -0.39 is 11.2 Å². The van der Waals surface area contributed by atoms with Gasteiger partial charge in [-0.25, -0.2) is 14.8 Å². The number of nitrogens with zero attached hydrogens (tertiary/aromatic N) is 4. The third-order valence-electron chi connectivity index (χ3n) is 6.06. The van der Waals surface area contributed by atoms with Crippen LogP contribution in [0.25, 0.3) is 11.1 Å². The molecule has 1 aromatic carbocycles. The van der Waals surface area contributed by atoms with Crippen molar-refractivity contribution in [3.05, 3.63) is 73.3 Å². The van der Waals surface area contributed by atoms with Gasteiger partial charge in [-0.3, -0.25) is 14.6 Å². The summed E-state index contributed by atoms with van der Waals surface area (Å²) in [6.07, 6.45) is 4.22. The Labute approximate surface area is 201 Å². The van der Waals surface area contributed by atoms with Crippen LogP contribution < -0.4 is 16.1 Å². The first kappa shape index (κ1) is 23.7. The maximum Gasteiger partial charge on any atom is 0.325 e. The number of H-pyrrole nitrogens is 2. The average Bonchev–Trinajstić information content (AvgIpc) is 2.80. The lowest BCUT2D eigenvalue weighted by atomic mass is 9.93. The summed E-state index contributed by atoms with van der Waals surface area (Å²) >= 11 is 6.25. The molecule has 1 fully saturated rings. The number of hydrogen-bond acceptors (Lipinski definition) is 6. The van der Waals surface area contributed by atoms with Crippen molar-refractivity contribution >= 4 is 23.5 Å². The number of carbonyl (C=O) groups is 1. The Morgan fingerprint density at radius 1 is 1.24 bits per heavy atom. The van der Waals surface area contributed by atoms with Crippen molar-refractivity contribution in [3.63, 3.8) is 0 Å². The van der Waals surface area contributed by atoms with Crippen LogP contribution in [0, 0.1) is 6.92 Å². The van der Waals surface area contributed by atoms with E-state index in [1.54, 1.807) is 24.1 Å². The number of aromatic amines is 2. The molecule has 2 aromatic heterocycles. The SMILES string of the molecule is Cc1[nH]c(=O)[nH]c(=O)c1CC(=O)N1CCCCC1c1nc(N(C)C)ncc1-c1cccc(Cl)c1. The first-order valence-electron chi connectivity index (χ1n) is 11.2. The van der Waals surface area contributed by atoms with Gasteiger partial charge in [0, 0.05) is 48.7 Å². The molecule has 1 unspecified atom stereocenters. The number of anilines is 1. The van der Waals surface area contributed by atoms with Crippen LogP contribution in [0.3, 0.4) is 0 Å². The fraction of sp³-hybridized carbons (Fsp3) is 0.375. The maximum absolute atomic E-state index is 13.5. The standard InChI is InChI=1S/C24H27ClN6O3/c1-14-17(22(33)29-24(34)27-14)12-20(32)31-10-5-4-9-19(31)21-18(13-26-23(28-21)30(2)3)15-7-6-8-16(25)11-15/h6-8,11,13,19H,4-5,9-10,12H2,1-3H3,(H2,27,29,33,34). The van der Waals surface area contributed by atoms with E-state index in [0.29, 0.717) is 23.2 Å². The minimum Gasteiger partial charge on any atom is -0.347 e. The van der Waals surface area contributed by atoms with E-state index in [2.05, 4.69) is 15.0 Å². The van der Waals surface area contributed by atoms with E-state index >= 15 is 0 Å². The summed E-state index contributed by atoms with van der Waals surface area (Å²) in [6.45, 7) is 2.18. The van der Waals surface area contributed by atoms with Crippen LogP contribution in [0.2, 0.25) is 5.02 Å². The Balaban J connectivity index is 1.76. The molecule has 0 radical (unpaired) electrons. The summed E-state index contributed by atoms with van der Waals surface area (Å²) in [5, 5.41) is 0.601. The molecule has 0 saturated carbocycles. The summed E-state index contributed by atoms with van der Waals surface area (Å²) in [4.78, 5) is 55.1. The minimum atomic E-state index is -0.585. The molecule has 1 saturated heterocycles. The quantitative estimate of drug-likeness (QED) is 0.577. The van der Waals surface area contributed by atoms with E-state index in [-0.39, 0.29) is 23.9 Å². The molecule has 9 nitrogen and oxygen atoms in total. The zero-order valence-electron chi connectivity index (χ0n) is 19.4. The minimum absolute atomic E-state index is 0.105. The fourth-order valence-corrected chi connectivity index (χ4v) is 4.53. The highest BCUT2D eigenvalue weighted by molar-refractivity contribution is 6.30. The lowest BCUT2D eigenvalue weighted by molar-refractivity contribution is -0.134. The number of carbonyl (C=O) groups excluding carboxylic acids is 1. The van der Waals surface area contributed by atoms with Crippen molar-refractivity contribution in [2.24, 2.45) is 0 Å². The van der Waals surface area contributed by atoms with Crippen molar-refractivity contribution in [3.8, 4) is 11.1 Å². The lowest BCUT2D eigenvalue weighted by Gasteiger charge is -2.36. The van der Waals surface area contributed by atoms with Crippen molar-refractivity contribution in [1.29, 1.82) is 0 Å². The molecular formula is C24H27ClN6O3. The molecular weight excluding hydrogens is 456 g/mol. The molecule has 2 N–H and O–H groups in total. The number of piperidine rings is 1. The Hall–Kier alpha value is -3.46. The third kappa shape index (κ3) is 4.89. The van der Waals surface area contributed by atoms with E-state index in [1.165, 1.54) is 0 Å². The zero-order chi connectivity index (χ0) is 24.4. The predicted molar refractivity (Wildman–Crippen MR) is 131 cm³/mol. The van der Waals surface area contributed by atoms with E-state index in [4.69, 9.17) is 16.6 Å². The zero-order valence-corrected chi connectivity index (χ0v) is 20.1. The number of hydrogen-bond donors (Lipinski definition) is 2. The number of halogens is 1. The largest absolute Gasteiger partial charge is 0.347 e. The highest BCUT2D eigenvalue weighted by Gasteiger charge is 2.32. The lowest BCUT2D eigenvalue weighted by Crippen LogP contribution is -2.41. The Kier molecular flexibility index (Phi) is 6.83. The second-order valence-electron chi connectivity index (χ2n) is 8.66. The fourth-order valence-electron chi connectivity index (χ4n) is 4.34. The Bertz CT molecular complexity index is 1330. The van der Waals surface area contributed by atoms with Crippen LogP contribution >= 0.6 is 11.6 Å². The van der Waals surface area contributed by atoms with Gasteiger partial charge in [-0.2, -0.15) is 0 Å². The maximum atomic E-state index is 13.5. The Morgan fingerprint density at radius 2 is 2.03 bits per heavy atom. The second-order valence-corrected chi connectivity index (χ2v) is 9.10. The monoisotopic (exact) mass is 482 g/mol. The number of aromatic nitrogens is 4. The number of nitrogens with one attached hydrogen (secondary N) is 2. The molecule has 3 heterocycles. The van der Waals surface area contributed by atoms with Crippen LogP contribution in [-0.4, -0.2) is 51.4 Å². The summed E-state index contributed by atoms with van der Waals surface area (Å²) in [7, 11) is 3.74. The smallest absolute Gasteiger partial charge is 0.325 e. The molecule has 34 heavy (non-hydrogen) atoms. The highest BCUT2D eigenvalue weighted by Crippen LogP contribution is 2.37. The highest BCUT2D eigenvalue weighted by atomic mass is 35.5. The molecule has 178 valence electrons. The van der Waals surface area contributed by atoms with Gasteiger partial charge in [0.1, 0.15) is 0 Å². The molecule has 10 heteroatoms. The van der Waals surface area contributed by atoms with Crippen LogP contribution in [-0.2, 0) is 11.2 Å². The van der Waals surface area contributed by atoms with E-state index in [9.17, 15) is 14.4 Å². The molecule has 1 aliphatic heterocycles. The van der Waals surface area contributed by atoms with Gasteiger partial charge in [-0.15, -0.1) is 0 Å². The molecule has 1 aliphatic rings. The van der Waals surface area contributed by atoms with Gasteiger partial charge in [0.05, 0.1) is 18.2 Å². The van der Waals surface area contributed by atoms with Crippen molar-refractivity contribution in [2.45, 2.75) is 38.6 Å². The summed E-state index contributed by atoms with van der Waals surface area (Å²) in [5.41, 5.74) is 1.97. The molecule has 0 spiro atoms. The van der Waals surface area contributed by atoms with Gasteiger partial charge in [0.15, 0.2) is 0 Å². The van der Waals surface area contributed by atoms with Crippen molar-refractivity contribution < 1.29 is 4.79 Å². The normalized spacial score (nSPS) is 15.9. The number of likely N-dealkylation sites (tertiary alicyclic amines) is 1. The van der Waals surface area contributed by atoms with Gasteiger partial charge in [0.25, 0.3) is 5.56 Å². The van der Waals surface area contributed by atoms with Crippen LogP contribution in [0.15, 0.2) is 40.1 Å². The van der Waals surface area contributed by atoms with E-state index in [1.807, 2.05) is 37.2 Å². The number of amides is 1. The molecule has 0 bridgehead atoms. The average molecular weight is 483 g/mol. The van der Waals surface area contributed by atoms with E-state index in [0.717, 1.165) is 36.1 Å². The first-order chi connectivity index (χ1) is 16.2. The predicted octanol–water partition coefficient (Wildman–Crippen LogP) is 2.84. The Morgan fingerprint density at radius 3 is 2.74 bits per heavy atom. The number of benzene rings is 1. The van der Waals surface area contributed by atoms with Crippen LogP contribution in [0.4, 0.5) is 5.95 Å². The topological polar surface area (TPSA) is 115 Å². The van der Waals surface area contributed by atoms with Crippen LogP contribution in [0.5, 0.6) is 0 Å². The second kappa shape index (κ2) is 9.80. The van der Waals surface area contributed by atoms with Crippen LogP contribution in [0.1, 0.15) is 42.3 Å². The summed E-state index contributed by atoms with van der Waals surface area (Å²) < 4.78 is 0. The van der Waals surface area contributed by atoms with Gasteiger partial charge in [-0.1, -0.05) is 23.7 Å². The number of aryl methyl sites for hydroxylation is 1. The van der Waals surface area contributed by atoms with Gasteiger partial charge < -0.3 is 14.8 Å². The summed E-state index contributed by atoms with van der Waals surface area (Å²) in [5.74, 6) is 0.360. The van der Waals surface area contributed by atoms with Crippen molar-refractivity contribution in [1.82, 2.24) is 24.8 Å². The van der Waals surface area contributed by atoms with Gasteiger partial charge in [-0.05, 0) is 43.9 Å². The third-order valence-corrected chi connectivity index (χ3v) is 6.30. The number of rotatable bonds is 5. The molecule has 1 amide bonds. The first-order valence-corrected chi connectivity index (χ1v) is 11.5. The molecule has 1 atom stereocenters. The molecule has 4 rings (SSSR count). The van der Waals surface area contributed by atoms with Gasteiger partial charge in [0.2, 0.25) is 11.9 Å².